The number of aldehydes is 1. The van der Waals surface area contributed by atoms with Crippen LogP contribution in [0.2, 0.25) is 0 Å². The summed E-state index contributed by atoms with van der Waals surface area (Å²) in [4.78, 5) is 89.1. The highest BCUT2D eigenvalue weighted by atomic mass is 16.4. The van der Waals surface area contributed by atoms with E-state index in [9.17, 15) is 33.9 Å². The van der Waals surface area contributed by atoms with E-state index in [4.69, 9.17) is 5.73 Å². The molecule has 0 radical (unpaired) electrons. The monoisotopic (exact) mass is 703 g/mol. The molecular formula is C33H41N11O7. The molecule has 0 saturated heterocycles. The van der Waals surface area contributed by atoms with Gasteiger partial charge in [-0.15, -0.1) is 0 Å². The van der Waals surface area contributed by atoms with Crippen LogP contribution in [0.25, 0.3) is 11.2 Å². The van der Waals surface area contributed by atoms with Crippen LogP contribution in [-0.4, -0.2) is 98.6 Å². The first-order chi connectivity index (χ1) is 24.5. The molecule has 0 spiro atoms. The van der Waals surface area contributed by atoms with Crippen molar-refractivity contribution in [2.24, 2.45) is 0 Å². The number of carboxylic acids is 1. The molecule has 8 N–H and O–H groups in total. The van der Waals surface area contributed by atoms with Crippen molar-refractivity contribution < 1.29 is 29.1 Å². The summed E-state index contributed by atoms with van der Waals surface area (Å²) < 4.78 is 0. The Hall–Kier alpha value is -6.30. The quantitative estimate of drug-likeness (QED) is 0.0546. The highest BCUT2D eigenvalue weighted by Gasteiger charge is 2.22. The number of rotatable bonds is 18. The van der Waals surface area contributed by atoms with Crippen molar-refractivity contribution in [2.45, 2.75) is 44.3 Å². The van der Waals surface area contributed by atoms with E-state index >= 15 is 0 Å². The molecule has 270 valence electrons. The van der Waals surface area contributed by atoms with E-state index in [0.29, 0.717) is 24.2 Å². The van der Waals surface area contributed by atoms with Gasteiger partial charge in [-0.05, 0) is 62.8 Å². The van der Waals surface area contributed by atoms with Crippen molar-refractivity contribution in [2.75, 3.05) is 38.2 Å². The average Bonchev–Trinajstić information content (AvgIpc) is 3.12. The lowest BCUT2D eigenvalue weighted by molar-refractivity contribution is -0.139. The Kier molecular flexibility index (Phi) is 15.6. The van der Waals surface area contributed by atoms with Crippen LogP contribution < -0.4 is 32.6 Å². The number of benzene rings is 1. The number of H-pyrrole nitrogens is 1. The zero-order valence-corrected chi connectivity index (χ0v) is 28.2. The predicted molar refractivity (Wildman–Crippen MR) is 187 cm³/mol. The van der Waals surface area contributed by atoms with Crippen LogP contribution in [0.5, 0.6) is 0 Å². The van der Waals surface area contributed by atoms with Crippen LogP contribution in [0.4, 0.5) is 11.6 Å². The maximum atomic E-state index is 12.5. The maximum absolute atomic E-state index is 12.5. The van der Waals surface area contributed by atoms with Crippen molar-refractivity contribution in [1.82, 2.24) is 45.8 Å². The molecule has 0 saturated carbocycles. The summed E-state index contributed by atoms with van der Waals surface area (Å²) in [7, 11) is 4.03. The van der Waals surface area contributed by atoms with Crippen LogP contribution in [0.1, 0.15) is 53.3 Å². The molecule has 2 unspecified atom stereocenters. The number of hydrogen-bond donors (Lipinski definition) is 7. The van der Waals surface area contributed by atoms with Crippen LogP contribution in [0.15, 0.2) is 59.8 Å². The van der Waals surface area contributed by atoms with Gasteiger partial charge in [0.25, 0.3) is 11.5 Å². The van der Waals surface area contributed by atoms with Gasteiger partial charge in [0.15, 0.2) is 11.2 Å². The minimum atomic E-state index is -1.27. The summed E-state index contributed by atoms with van der Waals surface area (Å²) >= 11 is 0. The number of nitrogens with zero attached hydrogens (tertiary/aromatic N) is 5. The van der Waals surface area contributed by atoms with Gasteiger partial charge in [0, 0.05) is 55.6 Å². The van der Waals surface area contributed by atoms with Gasteiger partial charge >= 0.3 is 5.97 Å². The molecule has 18 heteroatoms. The number of fused-ring (bicyclic) bond motifs is 1. The van der Waals surface area contributed by atoms with E-state index in [1.54, 1.807) is 18.3 Å². The van der Waals surface area contributed by atoms with Gasteiger partial charge in [0.2, 0.25) is 18.3 Å². The molecule has 0 aliphatic carbocycles. The second kappa shape index (κ2) is 20.3. The van der Waals surface area contributed by atoms with Gasteiger partial charge in [-0.1, -0.05) is 6.07 Å². The molecule has 3 amide bonds. The first kappa shape index (κ1) is 39.1. The van der Waals surface area contributed by atoms with Crippen molar-refractivity contribution >= 4 is 53.3 Å². The number of carbonyl (C=O) groups is 5. The van der Waals surface area contributed by atoms with E-state index in [-0.39, 0.29) is 61.2 Å². The first-order valence-corrected chi connectivity index (χ1v) is 15.8. The SMILES string of the molecule is CN(C)C(CCC=O)c1cccnc1.Nc1nc2ncc(CNc3ccc(C(=O)NC(CCC(=O)NCCNC=O)C(=O)O)cc3)nc2c(=O)[nH]1. The standard InChI is InChI=1S/C22H25N9O6.C11H16N2O/c23-22-30-18-17(20(35)31-22)28-14(10-27-18)9-26-13-3-1-12(2-4-13)19(34)29-15(21(36)37)5-6-16(33)25-8-7-24-11-32;1-13(2)11(6-4-8-14)10-5-3-7-12-9-10/h1-4,10-11,15,26H,5-9H2,(H,24,32)(H,25,33)(H,29,34)(H,36,37)(H3,23,27,30,31,35);3,5,7-9,11H,4,6H2,1-2H3. The lowest BCUT2D eigenvalue weighted by Gasteiger charge is -2.23. The fourth-order valence-electron chi connectivity index (χ4n) is 4.71. The number of pyridine rings is 1. The third kappa shape index (κ3) is 12.9. The topological polar surface area (TPSA) is 267 Å². The van der Waals surface area contributed by atoms with Crippen LogP contribution in [0.3, 0.4) is 0 Å². The number of nitrogens with one attached hydrogen (secondary N) is 5. The van der Waals surface area contributed by atoms with Gasteiger partial charge in [-0.3, -0.25) is 29.1 Å². The largest absolute Gasteiger partial charge is 0.480 e. The maximum Gasteiger partial charge on any atom is 0.326 e. The Balaban J connectivity index is 0.000000419. The molecule has 0 aliphatic heterocycles. The summed E-state index contributed by atoms with van der Waals surface area (Å²) in [5.41, 5.74) is 7.68. The summed E-state index contributed by atoms with van der Waals surface area (Å²) in [6.07, 6.45) is 7.76. The number of carboxylic acid groups (broad SMARTS) is 1. The minimum Gasteiger partial charge on any atom is -0.480 e. The molecule has 1 aromatic carbocycles. The van der Waals surface area contributed by atoms with Gasteiger partial charge in [-0.25, -0.2) is 14.8 Å². The molecular weight excluding hydrogens is 662 g/mol. The Morgan fingerprint density at radius 1 is 1.04 bits per heavy atom. The normalized spacial score (nSPS) is 11.7. The molecule has 2 atom stereocenters. The molecule has 0 aliphatic rings. The van der Waals surface area contributed by atoms with Crippen molar-refractivity contribution in [3.05, 3.63) is 82.2 Å². The van der Waals surface area contributed by atoms with Crippen LogP contribution in [-0.2, 0) is 25.7 Å². The van der Waals surface area contributed by atoms with Crippen molar-refractivity contribution in [3.8, 4) is 0 Å². The highest BCUT2D eigenvalue weighted by Crippen LogP contribution is 2.21. The Morgan fingerprint density at radius 2 is 1.80 bits per heavy atom. The number of aromatic nitrogens is 5. The van der Waals surface area contributed by atoms with Gasteiger partial charge in [-0.2, -0.15) is 4.98 Å². The first-order valence-electron chi connectivity index (χ1n) is 15.8. The number of nitrogens with two attached hydrogens (primary N) is 1. The number of anilines is 2. The number of amides is 3. The van der Waals surface area contributed by atoms with E-state index in [0.717, 1.165) is 12.7 Å². The van der Waals surface area contributed by atoms with E-state index < -0.39 is 29.4 Å². The van der Waals surface area contributed by atoms with Crippen molar-refractivity contribution in [1.29, 1.82) is 0 Å². The van der Waals surface area contributed by atoms with Gasteiger partial charge in [0.1, 0.15) is 12.3 Å². The second-order valence-electron chi connectivity index (χ2n) is 11.3. The molecule has 0 bridgehead atoms. The molecule has 51 heavy (non-hydrogen) atoms. The zero-order valence-electron chi connectivity index (χ0n) is 28.2. The molecule has 3 heterocycles. The Morgan fingerprint density at radius 3 is 2.45 bits per heavy atom. The molecule has 18 nitrogen and oxygen atoms in total. The zero-order chi connectivity index (χ0) is 37.2. The van der Waals surface area contributed by atoms with Crippen molar-refractivity contribution in [3.63, 3.8) is 0 Å². The van der Waals surface area contributed by atoms with Gasteiger partial charge < -0.3 is 41.8 Å². The van der Waals surface area contributed by atoms with Crippen LogP contribution in [0, 0.1) is 0 Å². The number of carbonyl (C=O) groups excluding carboxylic acids is 4. The third-order valence-electron chi connectivity index (χ3n) is 7.30. The minimum absolute atomic E-state index is 0.0536. The Bertz CT molecular complexity index is 1820. The molecule has 4 aromatic rings. The summed E-state index contributed by atoms with van der Waals surface area (Å²) in [6, 6.07) is 9.25. The second-order valence-corrected chi connectivity index (χ2v) is 11.3. The van der Waals surface area contributed by atoms with E-state index in [1.807, 2.05) is 32.4 Å². The Labute approximate surface area is 292 Å². The fraction of sp³-hybridized carbons (Fsp3) is 0.333. The lowest BCUT2D eigenvalue weighted by Crippen LogP contribution is -2.42. The summed E-state index contributed by atoms with van der Waals surface area (Å²) in [5.74, 6) is -2.33. The molecule has 0 fully saturated rings. The van der Waals surface area contributed by atoms with E-state index in [1.165, 1.54) is 23.9 Å². The molecule has 3 aromatic heterocycles. The predicted octanol–water partition coefficient (Wildman–Crippen LogP) is 0.396. The average molecular weight is 704 g/mol. The molecule has 4 rings (SSSR count). The lowest BCUT2D eigenvalue weighted by atomic mass is 10.0. The van der Waals surface area contributed by atoms with E-state index in [2.05, 4.69) is 51.1 Å². The smallest absolute Gasteiger partial charge is 0.326 e. The van der Waals surface area contributed by atoms with Crippen LogP contribution >= 0.6 is 0 Å². The highest BCUT2D eigenvalue weighted by molar-refractivity contribution is 5.97. The number of aliphatic carboxylic acids is 1. The summed E-state index contributed by atoms with van der Waals surface area (Å²) in [6.45, 7) is 0.689. The van der Waals surface area contributed by atoms with Gasteiger partial charge in [0.05, 0.1) is 18.4 Å². The fourth-order valence-corrected chi connectivity index (χ4v) is 4.71. The third-order valence-corrected chi connectivity index (χ3v) is 7.30. The summed E-state index contributed by atoms with van der Waals surface area (Å²) in [5, 5.41) is 19.8. The number of hydrogen-bond acceptors (Lipinski definition) is 13. The number of aromatic amines is 1. The number of nitrogen functional groups attached to an aromatic ring is 1.